The summed E-state index contributed by atoms with van der Waals surface area (Å²) in [6, 6.07) is 11.6. The van der Waals surface area contributed by atoms with Gasteiger partial charge in [0.25, 0.3) is 5.91 Å². The largest absolute Gasteiger partial charge is 0.465 e. The number of rotatable bonds is 1. The number of methoxy groups -OCH3 is 1. The standard InChI is InChI=1S/C22H21NO5/c1-22(2,3)28-21(26)23-18-12-11-16(20(25)27-4)13-15(18)10-9-14-7-5-6-8-17(14)19(23)24/h5-13H,1-4H3/b10-9-. The van der Waals surface area contributed by atoms with E-state index >= 15 is 0 Å². The van der Waals surface area contributed by atoms with Crippen LogP contribution in [0.5, 0.6) is 0 Å². The lowest BCUT2D eigenvalue weighted by atomic mass is 9.99. The summed E-state index contributed by atoms with van der Waals surface area (Å²) in [6.07, 6.45) is 2.75. The van der Waals surface area contributed by atoms with Gasteiger partial charge in [0.2, 0.25) is 0 Å². The highest BCUT2D eigenvalue weighted by molar-refractivity contribution is 6.22. The fourth-order valence-corrected chi connectivity index (χ4v) is 2.87. The van der Waals surface area contributed by atoms with Gasteiger partial charge in [0.15, 0.2) is 0 Å². The van der Waals surface area contributed by atoms with Gasteiger partial charge in [-0.05, 0) is 56.2 Å². The van der Waals surface area contributed by atoms with Crippen LogP contribution in [0.15, 0.2) is 42.5 Å². The van der Waals surface area contributed by atoms with Crippen molar-refractivity contribution in [2.24, 2.45) is 0 Å². The van der Waals surface area contributed by atoms with Crippen LogP contribution in [-0.2, 0) is 9.47 Å². The molecule has 6 heteroatoms. The number of carbonyl (C=O) groups is 3. The normalized spacial score (nSPS) is 14.3. The number of ether oxygens (including phenoxy) is 2. The zero-order valence-electron chi connectivity index (χ0n) is 16.2. The molecule has 0 bridgehead atoms. The minimum Gasteiger partial charge on any atom is -0.465 e. The summed E-state index contributed by atoms with van der Waals surface area (Å²) in [7, 11) is 1.29. The van der Waals surface area contributed by atoms with Crippen molar-refractivity contribution < 1.29 is 23.9 Å². The summed E-state index contributed by atoms with van der Waals surface area (Å²) in [4.78, 5) is 39.1. The van der Waals surface area contributed by atoms with Gasteiger partial charge in [-0.25, -0.2) is 14.5 Å². The number of benzene rings is 2. The first-order chi connectivity index (χ1) is 13.2. The van der Waals surface area contributed by atoms with Crippen molar-refractivity contribution >= 4 is 35.8 Å². The van der Waals surface area contributed by atoms with E-state index in [1.54, 1.807) is 63.3 Å². The topological polar surface area (TPSA) is 72.9 Å². The number of amides is 2. The van der Waals surface area contributed by atoms with E-state index in [0.717, 1.165) is 4.90 Å². The highest BCUT2D eigenvalue weighted by Crippen LogP contribution is 2.31. The Morgan fingerprint density at radius 2 is 1.64 bits per heavy atom. The number of anilines is 1. The van der Waals surface area contributed by atoms with Crippen molar-refractivity contribution in [3.05, 3.63) is 64.7 Å². The van der Waals surface area contributed by atoms with Crippen LogP contribution in [0.25, 0.3) is 12.2 Å². The summed E-state index contributed by atoms with van der Waals surface area (Å²) in [5.74, 6) is -1.00. The molecule has 0 unspecified atom stereocenters. The van der Waals surface area contributed by atoms with Gasteiger partial charge in [-0.3, -0.25) is 4.79 Å². The lowest BCUT2D eigenvalue weighted by Crippen LogP contribution is -2.42. The molecule has 28 heavy (non-hydrogen) atoms. The molecule has 2 amide bonds. The quantitative estimate of drug-likeness (QED) is 0.680. The Labute approximate surface area is 163 Å². The molecular formula is C22H21NO5. The van der Waals surface area contributed by atoms with Crippen LogP contribution >= 0.6 is 0 Å². The molecule has 2 aromatic rings. The first kappa shape index (κ1) is 19.4. The summed E-state index contributed by atoms with van der Waals surface area (Å²) in [5, 5.41) is 0. The van der Waals surface area contributed by atoms with Gasteiger partial charge < -0.3 is 9.47 Å². The SMILES string of the molecule is COC(=O)c1ccc2c(c1)/C=C\c1ccccc1C(=O)N2C(=O)OC(C)(C)C. The first-order valence-electron chi connectivity index (χ1n) is 8.78. The average Bonchev–Trinajstić information content (AvgIpc) is 2.64. The number of nitrogens with zero attached hydrogens (tertiary/aromatic N) is 1. The molecule has 0 radical (unpaired) electrons. The van der Waals surface area contributed by atoms with Gasteiger partial charge >= 0.3 is 12.1 Å². The van der Waals surface area contributed by atoms with E-state index in [1.807, 2.05) is 6.07 Å². The first-order valence-corrected chi connectivity index (χ1v) is 8.78. The molecule has 0 saturated heterocycles. The number of fused-ring (bicyclic) bond motifs is 2. The van der Waals surface area contributed by atoms with Gasteiger partial charge in [-0.2, -0.15) is 0 Å². The Balaban J connectivity index is 2.20. The van der Waals surface area contributed by atoms with Gasteiger partial charge in [-0.15, -0.1) is 0 Å². The van der Waals surface area contributed by atoms with Crippen LogP contribution in [0, 0.1) is 0 Å². The molecule has 0 N–H and O–H groups in total. The highest BCUT2D eigenvalue weighted by Gasteiger charge is 2.32. The van der Waals surface area contributed by atoms with Crippen molar-refractivity contribution in [1.82, 2.24) is 0 Å². The van der Waals surface area contributed by atoms with E-state index in [-0.39, 0.29) is 0 Å². The van der Waals surface area contributed by atoms with Gasteiger partial charge in [0.05, 0.1) is 18.4 Å². The Bertz CT molecular complexity index is 985. The predicted octanol–water partition coefficient (Wildman–Crippen LogP) is 4.54. The van der Waals surface area contributed by atoms with E-state index < -0.39 is 23.6 Å². The van der Waals surface area contributed by atoms with Crippen LogP contribution in [0.1, 0.15) is 52.6 Å². The Hall–Kier alpha value is -3.41. The fourth-order valence-electron chi connectivity index (χ4n) is 2.87. The number of hydrogen-bond donors (Lipinski definition) is 0. The maximum atomic E-state index is 13.3. The third-order valence-electron chi connectivity index (χ3n) is 4.10. The van der Waals surface area contributed by atoms with E-state index in [1.165, 1.54) is 13.2 Å². The molecule has 6 nitrogen and oxygen atoms in total. The van der Waals surface area contributed by atoms with E-state index in [4.69, 9.17) is 9.47 Å². The van der Waals surface area contributed by atoms with E-state index in [2.05, 4.69) is 0 Å². The van der Waals surface area contributed by atoms with Crippen LogP contribution in [-0.4, -0.2) is 30.7 Å². The maximum absolute atomic E-state index is 13.3. The van der Waals surface area contributed by atoms with Crippen molar-refractivity contribution in [3.8, 4) is 0 Å². The molecule has 0 spiro atoms. The Kier molecular flexibility index (Phi) is 5.05. The molecule has 1 aliphatic rings. The van der Waals surface area contributed by atoms with Crippen molar-refractivity contribution in [1.29, 1.82) is 0 Å². The van der Waals surface area contributed by atoms with Crippen LogP contribution in [0.3, 0.4) is 0 Å². The van der Waals surface area contributed by atoms with Crippen LogP contribution in [0.2, 0.25) is 0 Å². The van der Waals surface area contributed by atoms with Crippen molar-refractivity contribution in [2.45, 2.75) is 26.4 Å². The summed E-state index contributed by atoms with van der Waals surface area (Å²) < 4.78 is 10.2. The zero-order valence-corrected chi connectivity index (χ0v) is 16.2. The number of hydrogen-bond acceptors (Lipinski definition) is 5. The second-order valence-electron chi connectivity index (χ2n) is 7.31. The van der Waals surface area contributed by atoms with Gasteiger partial charge in [0.1, 0.15) is 5.60 Å². The zero-order chi connectivity index (χ0) is 20.5. The Morgan fingerprint density at radius 1 is 0.964 bits per heavy atom. The van der Waals surface area contributed by atoms with E-state index in [9.17, 15) is 14.4 Å². The average molecular weight is 379 g/mol. The molecule has 2 aromatic carbocycles. The van der Waals surface area contributed by atoms with E-state index in [0.29, 0.717) is 27.9 Å². The maximum Gasteiger partial charge on any atom is 0.422 e. The minimum atomic E-state index is -0.783. The molecule has 1 heterocycles. The summed E-state index contributed by atoms with van der Waals surface area (Å²) >= 11 is 0. The lowest BCUT2D eigenvalue weighted by Gasteiger charge is -2.28. The molecule has 1 aliphatic heterocycles. The molecule has 0 atom stereocenters. The van der Waals surface area contributed by atoms with Crippen molar-refractivity contribution in [3.63, 3.8) is 0 Å². The lowest BCUT2D eigenvalue weighted by molar-refractivity contribution is 0.0562. The van der Waals surface area contributed by atoms with Gasteiger partial charge in [0, 0.05) is 5.56 Å². The number of carbonyl (C=O) groups excluding carboxylic acids is 3. The smallest absolute Gasteiger partial charge is 0.422 e. The molecule has 0 saturated carbocycles. The fraction of sp³-hybridized carbons (Fsp3) is 0.227. The summed E-state index contributed by atoms with van der Waals surface area (Å²) in [5.41, 5.74) is 1.44. The molecular weight excluding hydrogens is 358 g/mol. The van der Waals surface area contributed by atoms with Gasteiger partial charge in [-0.1, -0.05) is 30.4 Å². The third-order valence-corrected chi connectivity index (χ3v) is 4.10. The molecule has 0 fully saturated rings. The predicted molar refractivity (Wildman–Crippen MR) is 106 cm³/mol. The number of esters is 1. The van der Waals surface area contributed by atoms with Crippen LogP contribution < -0.4 is 4.90 Å². The highest BCUT2D eigenvalue weighted by atomic mass is 16.6. The minimum absolute atomic E-state index is 0.316. The summed E-state index contributed by atoms with van der Waals surface area (Å²) in [6.45, 7) is 5.19. The van der Waals surface area contributed by atoms with Crippen LogP contribution in [0.4, 0.5) is 10.5 Å². The molecule has 0 aromatic heterocycles. The molecule has 0 aliphatic carbocycles. The second-order valence-corrected chi connectivity index (χ2v) is 7.31. The third kappa shape index (κ3) is 3.81. The second kappa shape index (κ2) is 7.31. The Morgan fingerprint density at radius 3 is 2.32 bits per heavy atom. The molecule has 3 rings (SSSR count). The monoisotopic (exact) mass is 379 g/mol. The number of imide groups is 1. The molecule has 144 valence electrons. The van der Waals surface area contributed by atoms with Crippen molar-refractivity contribution in [2.75, 3.05) is 12.0 Å².